The molecule has 156 valence electrons. The van der Waals surface area contributed by atoms with Crippen LogP contribution < -0.4 is 4.90 Å². The number of likely N-dealkylation sites (tertiary alicyclic amines) is 1. The number of hydrogen-bond acceptors (Lipinski definition) is 6. The molecular weight excluding hydrogens is 350 g/mol. The Hall–Kier alpha value is -1.24. The Morgan fingerprint density at radius 2 is 1.75 bits per heavy atom. The van der Waals surface area contributed by atoms with Gasteiger partial charge in [-0.05, 0) is 72.6 Å². The van der Waals surface area contributed by atoms with Gasteiger partial charge in [-0.2, -0.15) is 0 Å². The lowest BCUT2D eigenvalue weighted by Crippen LogP contribution is -2.48. The van der Waals surface area contributed by atoms with Crippen LogP contribution in [0.25, 0.3) is 0 Å². The van der Waals surface area contributed by atoms with Crippen LogP contribution in [0.1, 0.15) is 49.2 Å². The lowest BCUT2D eigenvalue weighted by atomic mass is 9.75. The van der Waals surface area contributed by atoms with E-state index in [1.807, 2.05) is 0 Å². The average molecular weight is 388 g/mol. The summed E-state index contributed by atoms with van der Waals surface area (Å²) in [7, 11) is 6.44. The third kappa shape index (κ3) is 3.91. The highest BCUT2D eigenvalue weighted by Gasteiger charge is 2.45. The van der Waals surface area contributed by atoms with Crippen molar-refractivity contribution in [3.63, 3.8) is 0 Å². The topological polar surface area (TPSA) is 44.7 Å². The van der Waals surface area contributed by atoms with Gasteiger partial charge in [-0.25, -0.2) is 9.97 Å². The number of ether oxygens (including phenoxy) is 1. The molecule has 2 fully saturated rings. The van der Waals surface area contributed by atoms with Crippen LogP contribution in [0.4, 0.5) is 5.82 Å². The van der Waals surface area contributed by atoms with Crippen LogP contribution in [-0.4, -0.2) is 86.3 Å². The Bertz CT molecular complexity index is 678. The SMILES string of the molecule is Cc1nc(N(C)CCN(C)C)c2c(n1)C1(CC2)CCN(C2CCOCC2)CC1. The molecular formula is C22H37N5O. The van der Waals surface area contributed by atoms with Crippen molar-refractivity contribution in [2.75, 3.05) is 65.4 Å². The van der Waals surface area contributed by atoms with E-state index in [1.165, 1.54) is 62.3 Å². The van der Waals surface area contributed by atoms with E-state index in [-0.39, 0.29) is 5.41 Å². The van der Waals surface area contributed by atoms with Crippen molar-refractivity contribution in [3.8, 4) is 0 Å². The molecule has 0 unspecified atom stereocenters. The molecule has 0 saturated carbocycles. The Balaban J connectivity index is 1.51. The minimum Gasteiger partial charge on any atom is -0.381 e. The first kappa shape index (κ1) is 20.0. The van der Waals surface area contributed by atoms with Gasteiger partial charge in [0.05, 0.1) is 5.69 Å². The zero-order valence-corrected chi connectivity index (χ0v) is 18.2. The van der Waals surface area contributed by atoms with Gasteiger partial charge in [0.25, 0.3) is 0 Å². The summed E-state index contributed by atoms with van der Waals surface area (Å²) < 4.78 is 5.56. The number of anilines is 1. The molecule has 4 rings (SSSR count). The molecule has 0 aromatic carbocycles. The van der Waals surface area contributed by atoms with E-state index in [2.05, 4.69) is 42.8 Å². The van der Waals surface area contributed by atoms with Crippen LogP contribution in [0.3, 0.4) is 0 Å². The summed E-state index contributed by atoms with van der Waals surface area (Å²) in [5.74, 6) is 2.10. The summed E-state index contributed by atoms with van der Waals surface area (Å²) in [4.78, 5) is 17.2. The average Bonchev–Trinajstić information content (AvgIpc) is 3.04. The van der Waals surface area contributed by atoms with Gasteiger partial charge in [-0.3, -0.25) is 0 Å². The second-order valence-corrected chi connectivity index (χ2v) is 9.31. The van der Waals surface area contributed by atoms with Gasteiger partial charge in [-0.1, -0.05) is 0 Å². The summed E-state index contributed by atoms with van der Waals surface area (Å²) in [5.41, 5.74) is 3.08. The fourth-order valence-corrected chi connectivity index (χ4v) is 5.36. The van der Waals surface area contributed by atoms with Crippen molar-refractivity contribution in [1.82, 2.24) is 19.8 Å². The van der Waals surface area contributed by atoms with Gasteiger partial charge in [0.2, 0.25) is 0 Å². The van der Waals surface area contributed by atoms with E-state index in [1.54, 1.807) is 0 Å². The Labute approximate surface area is 170 Å². The molecule has 2 aliphatic heterocycles. The largest absolute Gasteiger partial charge is 0.381 e. The summed E-state index contributed by atoms with van der Waals surface area (Å²) in [5, 5.41) is 0. The quantitative estimate of drug-likeness (QED) is 0.772. The van der Waals surface area contributed by atoms with Crippen molar-refractivity contribution in [2.24, 2.45) is 0 Å². The fourth-order valence-electron chi connectivity index (χ4n) is 5.36. The highest BCUT2D eigenvalue weighted by molar-refractivity contribution is 5.53. The van der Waals surface area contributed by atoms with Crippen molar-refractivity contribution in [2.45, 2.75) is 56.9 Å². The maximum absolute atomic E-state index is 5.56. The van der Waals surface area contributed by atoms with Crippen molar-refractivity contribution < 1.29 is 4.74 Å². The molecule has 1 aromatic heterocycles. The number of fused-ring (bicyclic) bond motifs is 2. The van der Waals surface area contributed by atoms with Crippen LogP contribution in [-0.2, 0) is 16.6 Å². The lowest BCUT2D eigenvalue weighted by molar-refractivity contribution is 0.0168. The molecule has 3 aliphatic rings. The molecule has 1 aliphatic carbocycles. The molecule has 2 saturated heterocycles. The molecule has 6 nitrogen and oxygen atoms in total. The molecule has 0 atom stereocenters. The fraction of sp³-hybridized carbons (Fsp3) is 0.818. The number of likely N-dealkylation sites (N-methyl/N-ethyl adjacent to an activating group) is 2. The number of aromatic nitrogens is 2. The Kier molecular flexibility index (Phi) is 5.91. The standard InChI is InChI=1S/C22H37N5O/c1-17-23-20-19(21(24-17)26(4)14-13-25(2)3)5-8-22(20)9-11-27(12-10-22)18-6-15-28-16-7-18/h18H,5-16H2,1-4H3. The number of hydrogen-bond donors (Lipinski definition) is 0. The van der Waals surface area contributed by atoms with E-state index in [9.17, 15) is 0 Å². The van der Waals surface area contributed by atoms with E-state index in [4.69, 9.17) is 14.7 Å². The minimum atomic E-state index is 0.280. The number of piperidine rings is 1. The third-order valence-corrected chi connectivity index (χ3v) is 7.16. The summed E-state index contributed by atoms with van der Waals surface area (Å²) in [6.07, 6.45) is 7.27. The van der Waals surface area contributed by atoms with Crippen LogP contribution >= 0.6 is 0 Å². The van der Waals surface area contributed by atoms with Gasteiger partial charge >= 0.3 is 0 Å². The monoisotopic (exact) mass is 387 g/mol. The zero-order valence-electron chi connectivity index (χ0n) is 18.2. The number of aryl methyl sites for hydroxylation is 1. The smallest absolute Gasteiger partial charge is 0.135 e. The molecule has 3 heterocycles. The second kappa shape index (κ2) is 8.25. The van der Waals surface area contributed by atoms with E-state index >= 15 is 0 Å². The first-order chi connectivity index (χ1) is 13.5. The first-order valence-electron chi connectivity index (χ1n) is 11.0. The van der Waals surface area contributed by atoms with Crippen LogP contribution in [0.2, 0.25) is 0 Å². The maximum Gasteiger partial charge on any atom is 0.135 e. The highest BCUT2D eigenvalue weighted by Crippen LogP contribution is 2.47. The van der Waals surface area contributed by atoms with Gasteiger partial charge < -0.3 is 19.4 Å². The van der Waals surface area contributed by atoms with Gasteiger partial charge in [-0.15, -0.1) is 0 Å². The van der Waals surface area contributed by atoms with Gasteiger partial charge in [0.15, 0.2) is 0 Å². The number of rotatable bonds is 5. The van der Waals surface area contributed by atoms with Crippen LogP contribution in [0, 0.1) is 6.92 Å². The summed E-state index contributed by atoms with van der Waals surface area (Å²) >= 11 is 0. The molecule has 1 spiro atoms. The van der Waals surface area contributed by atoms with E-state index in [0.29, 0.717) is 0 Å². The Morgan fingerprint density at radius 1 is 1.04 bits per heavy atom. The first-order valence-corrected chi connectivity index (χ1v) is 11.0. The molecule has 0 bridgehead atoms. The lowest BCUT2D eigenvalue weighted by Gasteiger charge is -2.43. The van der Waals surface area contributed by atoms with Gasteiger partial charge in [0.1, 0.15) is 11.6 Å². The minimum absolute atomic E-state index is 0.280. The molecule has 1 aromatic rings. The summed E-state index contributed by atoms with van der Waals surface area (Å²) in [6.45, 7) is 8.39. The van der Waals surface area contributed by atoms with Crippen LogP contribution in [0.15, 0.2) is 0 Å². The van der Waals surface area contributed by atoms with E-state index < -0.39 is 0 Å². The molecule has 6 heteroatoms. The molecule has 0 radical (unpaired) electrons. The Morgan fingerprint density at radius 3 is 2.43 bits per heavy atom. The van der Waals surface area contributed by atoms with Crippen molar-refractivity contribution in [1.29, 1.82) is 0 Å². The zero-order chi connectivity index (χ0) is 19.7. The van der Waals surface area contributed by atoms with Gasteiger partial charge in [0, 0.05) is 50.4 Å². The van der Waals surface area contributed by atoms with Crippen molar-refractivity contribution in [3.05, 3.63) is 17.1 Å². The van der Waals surface area contributed by atoms with Crippen LogP contribution in [0.5, 0.6) is 0 Å². The third-order valence-electron chi connectivity index (χ3n) is 7.16. The highest BCUT2D eigenvalue weighted by atomic mass is 16.5. The predicted octanol–water partition coefficient (Wildman–Crippen LogP) is 2.24. The van der Waals surface area contributed by atoms with Crippen molar-refractivity contribution >= 4 is 5.82 Å². The molecule has 28 heavy (non-hydrogen) atoms. The predicted molar refractivity (Wildman–Crippen MR) is 113 cm³/mol. The second-order valence-electron chi connectivity index (χ2n) is 9.31. The number of nitrogens with zero attached hydrogens (tertiary/aromatic N) is 5. The maximum atomic E-state index is 5.56. The normalized spacial score (nSPS) is 22.8. The summed E-state index contributed by atoms with van der Waals surface area (Å²) in [6, 6.07) is 0.729. The van der Waals surface area contributed by atoms with E-state index in [0.717, 1.165) is 44.6 Å². The molecule has 0 N–H and O–H groups in total. The molecule has 0 amide bonds.